The molecule has 0 aliphatic rings. The van der Waals surface area contributed by atoms with Crippen LogP contribution in [-0.4, -0.2) is 24.4 Å². The number of nitrogens with zero attached hydrogens (tertiary/aromatic N) is 2. The second kappa shape index (κ2) is 5.33. The number of aromatic nitrogens is 2. The Kier molecular flexibility index (Phi) is 3.80. The number of anilines is 2. The summed E-state index contributed by atoms with van der Waals surface area (Å²) >= 11 is 4.67. The lowest BCUT2D eigenvalue weighted by molar-refractivity contribution is 0.395. The first kappa shape index (κ1) is 12.1. The van der Waals surface area contributed by atoms with Crippen LogP contribution >= 0.6 is 27.3 Å². The average molecular weight is 316 g/mol. The lowest BCUT2D eigenvalue weighted by Crippen LogP contribution is -1.93. The van der Waals surface area contributed by atoms with E-state index in [-0.39, 0.29) is 0 Å². The van der Waals surface area contributed by atoms with Gasteiger partial charge >= 0.3 is 0 Å². The number of ether oxygens (including phenoxy) is 2. The van der Waals surface area contributed by atoms with Crippen molar-refractivity contribution in [3.05, 3.63) is 22.1 Å². The van der Waals surface area contributed by atoms with Crippen LogP contribution in [0.4, 0.5) is 10.8 Å². The molecule has 2 aromatic rings. The summed E-state index contributed by atoms with van der Waals surface area (Å²) in [6.45, 7) is 0. The maximum atomic E-state index is 5.18. The smallest absolute Gasteiger partial charge is 0.210 e. The van der Waals surface area contributed by atoms with Gasteiger partial charge in [-0.2, -0.15) is 0 Å². The third-order valence-corrected chi connectivity index (χ3v) is 3.27. The molecule has 17 heavy (non-hydrogen) atoms. The predicted octanol–water partition coefficient (Wildman–Crippen LogP) is 3.06. The molecule has 0 fully saturated rings. The summed E-state index contributed by atoms with van der Waals surface area (Å²) in [5, 5.41) is 11.6. The van der Waals surface area contributed by atoms with Crippen LogP contribution in [0.15, 0.2) is 22.1 Å². The summed E-state index contributed by atoms with van der Waals surface area (Å²) < 4.78 is 11.1. The van der Waals surface area contributed by atoms with Crippen molar-refractivity contribution in [2.75, 3.05) is 19.5 Å². The van der Waals surface area contributed by atoms with E-state index in [1.165, 1.54) is 11.3 Å². The Balaban J connectivity index is 2.25. The van der Waals surface area contributed by atoms with E-state index in [0.717, 1.165) is 21.1 Å². The zero-order valence-corrected chi connectivity index (χ0v) is 11.6. The molecule has 1 N–H and O–H groups in total. The second-order valence-electron chi connectivity index (χ2n) is 3.09. The van der Waals surface area contributed by atoms with E-state index in [1.807, 2.05) is 12.1 Å². The Bertz CT molecular complexity index is 496. The zero-order valence-electron chi connectivity index (χ0n) is 9.23. The molecule has 5 nitrogen and oxygen atoms in total. The van der Waals surface area contributed by atoms with Crippen LogP contribution in [0.3, 0.4) is 0 Å². The van der Waals surface area contributed by atoms with Gasteiger partial charge in [0.1, 0.15) is 11.5 Å². The summed E-state index contributed by atoms with van der Waals surface area (Å²) in [6.07, 6.45) is 0. The topological polar surface area (TPSA) is 56.3 Å². The highest BCUT2D eigenvalue weighted by atomic mass is 79.9. The molecular formula is C10H10BrN3O2S. The van der Waals surface area contributed by atoms with Crippen molar-refractivity contribution in [3.8, 4) is 11.5 Å². The van der Waals surface area contributed by atoms with Crippen molar-refractivity contribution in [1.29, 1.82) is 0 Å². The van der Waals surface area contributed by atoms with Crippen LogP contribution in [0.5, 0.6) is 11.5 Å². The Morgan fingerprint density at radius 1 is 1.12 bits per heavy atom. The molecule has 1 heterocycles. The van der Waals surface area contributed by atoms with Gasteiger partial charge < -0.3 is 14.8 Å². The van der Waals surface area contributed by atoms with Gasteiger partial charge in [0.25, 0.3) is 0 Å². The first-order chi connectivity index (χ1) is 8.21. The van der Waals surface area contributed by atoms with Gasteiger partial charge in [0.2, 0.25) is 5.13 Å². The van der Waals surface area contributed by atoms with Crippen LogP contribution in [0.2, 0.25) is 0 Å². The molecule has 7 heteroatoms. The number of rotatable bonds is 4. The van der Waals surface area contributed by atoms with Crippen molar-refractivity contribution < 1.29 is 9.47 Å². The fourth-order valence-corrected chi connectivity index (χ4v) is 2.29. The molecule has 0 spiro atoms. The minimum Gasteiger partial charge on any atom is -0.497 e. The Morgan fingerprint density at radius 3 is 2.24 bits per heavy atom. The van der Waals surface area contributed by atoms with Crippen molar-refractivity contribution in [2.45, 2.75) is 0 Å². The molecule has 0 amide bonds. The number of methoxy groups -OCH3 is 2. The Hall–Kier alpha value is -1.34. The molecule has 0 bridgehead atoms. The molecule has 1 aromatic carbocycles. The fraction of sp³-hybridized carbons (Fsp3) is 0.200. The number of halogens is 1. The molecule has 0 unspecified atom stereocenters. The molecular weight excluding hydrogens is 306 g/mol. The van der Waals surface area contributed by atoms with Crippen LogP contribution in [0, 0.1) is 0 Å². The second-order valence-corrected chi connectivity index (χ2v) is 5.34. The first-order valence-electron chi connectivity index (χ1n) is 4.70. The minimum atomic E-state index is 0.701. The van der Waals surface area contributed by atoms with Crippen LogP contribution in [-0.2, 0) is 0 Å². The number of nitrogens with one attached hydrogen (secondary N) is 1. The summed E-state index contributed by atoms with van der Waals surface area (Å²) in [7, 11) is 3.22. The third kappa shape index (κ3) is 3.07. The van der Waals surface area contributed by atoms with Gasteiger partial charge in [-0.25, -0.2) is 0 Å². The van der Waals surface area contributed by atoms with E-state index < -0.39 is 0 Å². The van der Waals surface area contributed by atoms with E-state index in [0.29, 0.717) is 5.13 Å². The minimum absolute atomic E-state index is 0.701. The largest absolute Gasteiger partial charge is 0.497 e. The van der Waals surface area contributed by atoms with E-state index in [1.54, 1.807) is 20.3 Å². The highest BCUT2D eigenvalue weighted by molar-refractivity contribution is 9.11. The van der Waals surface area contributed by atoms with Crippen LogP contribution in [0.1, 0.15) is 0 Å². The summed E-state index contributed by atoms with van der Waals surface area (Å²) in [5.41, 5.74) is 0.838. The summed E-state index contributed by atoms with van der Waals surface area (Å²) in [5.74, 6) is 1.44. The molecule has 90 valence electrons. The average Bonchev–Trinajstić information content (AvgIpc) is 2.74. The van der Waals surface area contributed by atoms with Crippen molar-refractivity contribution >= 4 is 38.1 Å². The predicted molar refractivity (Wildman–Crippen MR) is 70.4 cm³/mol. The van der Waals surface area contributed by atoms with Gasteiger partial charge in [-0.1, -0.05) is 11.3 Å². The van der Waals surface area contributed by atoms with Gasteiger partial charge in [-0.3, -0.25) is 0 Å². The van der Waals surface area contributed by atoms with Gasteiger partial charge in [0, 0.05) is 23.9 Å². The quantitative estimate of drug-likeness (QED) is 0.939. The highest BCUT2D eigenvalue weighted by Crippen LogP contribution is 2.29. The van der Waals surface area contributed by atoms with Crippen LogP contribution in [0.25, 0.3) is 0 Å². The molecule has 0 saturated heterocycles. The maximum absolute atomic E-state index is 5.18. The number of benzene rings is 1. The van der Waals surface area contributed by atoms with Crippen molar-refractivity contribution in [2.24, 2.45) is 0 Å². The Labute approximate surface area is 111 Å². The van der Waals surface area contributed by atoms with E-state index >= 15 is 0 Å². The zero-order chi connectivity index (χ0) is 12.3. The summed E-state index contributed by atoms with van der Waals surface area (Å²) in [4.78, 5) is 0. The SMILES string of the molecule is COc1cc(Nc2nnc(Br)s2)cc(OC)c1. The first-order valence-corrected chi connectivity index (χ1v) is 6.31. The molecule has 1 aromatic heterocycles. The Morgan fingerprint density at radius 2 is 1.76 bits per heavy atom. The fourth-order valence-electron chi connectivity index (χ4n) is 1.26. The number of hydrogen-bond acceptors (Lipinski definition) is 6. The molecule has 0 aliphatic heterocycles. The van der Waals surface area contributed by atoms with Gasteiger partial charge in [-0.15, -0.1) is 10.2 Å². The molecule has 0 radical (unpaired) electrons. The standard InChI is InChI=1S/C10H10BrN3O2S/c1-15-7-3-6(4-8(5-7)16-2)12-10-14-13-9(11)17-10/h3-5H,1-2H3,(H,12,14). The highest BCUT2D eigenvalue weighted by Gasteiger charge is 2.05. The van der Waals surface area contributed by atoms with E-state index in [2.05, 4.69) is 31.4 Å². The summed E-state index contributed by atoms with van der Waals surface area (Å²) in [6, 6.07) is 5.52. The lowest BCUT2D eigenvalue weighted by Gasteiger charge is -2.08. The molecule has 0 saturated carbocycles. The van der Waals surface area contributed by atoms with Crippen LogP contribution < -0.4 is 14.8 Å². The maximum Gasteiger partial charge on any atom is 0.210 e. The normalized spacial score (nSPS) is 10.1. The van der Waals surface area contributed by atoms with Crippen molar-refractivity contribution in [1.82, 2.24) is 10.2 Å². The molecule has 0 aliphatic carbocycles. The molecule has 0 atom stereocenters. The van der Waals surface area contributed by atoms with Crippen molar-refractivity contribution in [3.63, 3.8) is 0 Å². The van der Waals surface area contributed by atoms with Gasteiger partial charge in [-0.05, 0) is 15.9 Å². The lowest BCUT2D eigenvalue weighted by atomic mass is 10.3. The number of hydrogen-bond donors (Lipinski definition) is 1. The van der Waals surface area contributed by atoms with E-state index in [9.17, 15) is 0 Å². The van der Waals surface area contributed by atoms with Gasteiger partial charge in [0.05, 0.1) is 14.2 Å². The van der Waals surface area contributed by atoms with E-state index in [4.69, 9.17) is 9.47 Å². The third-order valence-electron chi connectivity index (χ3n) is 2.00. The monoisotopic (exact) mass is 315 g/mol. The van der Waals surface area contributed by atoms with Gasteiger partial charge in [0.15, 0.2) is 3.92 Å². The molecule has 2 rings (SSSR count).